The number of nitrogens with two attached hydrogens (primary N) is 1. The van der Waals surface area contributed by atoms with E-state index in [0.29, 0.717) is 22.4 Å². The Bertz CT molecular complexity index is 896. The summed E-state index contributed by atoms with van der Waals surface area (Å²) in [7, 11) is 0. The summed E-state index contributed by atoms with van der Waals surface area (Å²) in [6.07, 6.45) is 0.782. The number of nitrogens with one attached hydrogen (secondary N) is 1. The van der Waals surface area contributed by atoms with Crippen LogP contribution in [0.4, 0.5) is 17.6 Å². The van der Waals surface area contributed by atoms with E-state index in [4.69, 9.17) is 17.3 Å². The van der Waals surface area contributed by atoms with Crippen LogP contribution in [-0.4, -0.2) is 21.2 Å². The number of nitrogen functional groups attached to an aromatic ring is 1. The number of hydrogen-bond acceptors (Lipinski definition) is 6. The number of carbonyl (C=O) groups is 1. The molecule has 0 amide bonds. The molecule has 0 unspecified atom stereocenters. The number of aldehydes is 1. The van der Waals surface area contributed by atoms with Crippen LogP contribution in [0.3, 0.4) is 0 Å². The molecule has 0 aliphatic carbocycles. The summed E-state index contributed by atoms with van der Waals surface area (Å²) in [5.74, 6) is 0.858. The molecule has 0 fully saturated rings. The Hall–Kier alpha value is -2.99. The summed E-state index contributed by atoms with van der Waals surface area (Å²) in [5.41, 5.74) is 8.89. The molecule has 0 aliphatic heterocycles. The van der Waals surface area contributed by atoms with Crippen molar-refractivity contribution in [3.8, 4) is 11.4 Å². The number of nitrogens with zero attached hydrogens (tertiary/aromatic N) is 3. The highest BCUT2D eigenvalue weighted by Gasteiger charge is 2.10. The molecule has 6 nitrogen and oxygen atoms in total. The zero-order valence-electron chi connectivity index (χ0n) is 12.8. The van der Waals surface area contributed by atoms with Gasteiger partial charge in [-0.15, -0.1) is 0 Å². The van der Waals surface area contributed by atoms with Gasteiger partial charge < -0.3 is 11.1 Å². The van der Waals surface area contributed by atoms with Gasteiger partial charge in [0.1, 0.15) is 6.29 Å². The van der Waals surface area contributed by atoms with Gasteiger partial charge >= 0.3 is 0 Å². The molecule has 3 aromatic rings. The predicted octanol–water partition coefficient (Wildman–Crippen LogP) is 3.64. The Kier molecular flexibility index (Phi) is 4.39. The molecule has 3 N–H and O–H groups in total. The molecule has 0 atom stereocenters. The Labute approximate surface area is 143 Å². The molecule has 2 aromatic carbocycles. The predicted molar refractivity (Wildman–Crippen MR) is 94.5 cm³/mol. The van der Waals surface area contributed by atoms with Crippen LogP contribution >= 0.6 is 11.6 Å². The van der Waals surface area contributed by atoms with E-state index in [-0.39, 0.29) is 5.95 Å². The van der Waals surface area contributed by atoms with Crippen LogP contribution < -0.4 is 11.1 Å². The van der Waals surface area contributed by atoms with Crippen LogP contribution in [0.2, 0.25) is 5.02 Å². The molecule has 0 aliphatic rings. The number of aryl methyl sites for hydroxylation is 1. The van der Waals surface area contributed by atoms with Crippen molar-refractivity contribution in [3.63, 3.8) is 0 Å². The molecule has 24 heavy (non-hydrogen) atoms. The zero-order valence-corrected chi connectivity index (χ0v) is 13.6. The van der Waals surface area contributed by atoms with E-state index >= 15 is 0 Å². The summed E-state index contributed by atoms with van der Waals surface area (Å²) in [6.45, 7) is 1.94. The molecular weight excluding hydrogens is 326 g/mol. The molecule has 0 bridgehead atoms. The third kappa shape index (κ3) is 3.49. The van der Waals surface area contributed by atoms with Crippen molar-refractivity contribution in [2.24, 2.45) is 0 Å². The van der Waals surface area contributed by atoms with Gasteiger partial charge in [-0.3, -0.25) is 4.79 Å². The summed E-state index contributed by atoms with van der Waals surface area (Å²) in [4.78, 5) is 23.4. The lowest BCUT2D eigenvalue weighted by Crippen LogP contribution is -2.05. The number of hydrogen-bond donors (Lipinski definition) is 2. The van der Waals surface area contributed by atoms with E-state index in [2.05, 4.69) is 20.3 Å². The fourth-order valence-electron chi connectivity index (χ4n) is 2.18. The van der Waals surface area contributed by atoms with Crippen molar-refractivity contribution in [2.45, 2.75) is 6.92 Å². The van der Waals surface area contributed by atoms with Crippen molar-refractivity contribution in [1.82, 2.24) is 15.0 Å². The van der Waals surface area contributed by atoms with Crippen LogP contribution in [0.25, 0.3) is 11.4 Å². The molecule has 120 valence electrons. The van der Waals surface area contributed by atoms with Crippen LogP contribution in [0.1, 0.15) is 15.9 Å². The van der Waals surface area contributed by atoms with Crippen molar-refractivity contribution < 1.29 is 4.79 Å². The molecule has 3 rings (SSSR count). The number of halogens is 1. The third-order valence-electron chi connectivity index (χ3n) is 3.40. The van der Waals surface area contributed by atoms with Gasteiger partial charge in [0.2, 0.25) is 11.9 Å². The summed E-state index contributed by atoms with van der Waals surface area (Å²) < 4.78 is 0. The second-order valence-corrected chi connectivity index (χ2v) is 5.60. The normalized spacial score (nSPS) is 10.4. The highest BCUT2D eigenvalue weighted by atomic mass is 35.5. The van der Waals surface area contributed by atoms with E-state index in [9.17, 15) is 4.79 Å². The average Bonchev–Trinajstić information content (AvgIpc) is 2.57. The third-order valence-corrected chi connectivity index (χ3v) is 3.63. The summed E-state index contributed by atoms with van der Waals surface area (Å²) in [5, 5.41) is 3.64. The first-order valence-corrected chi connectivity index (χ1v) is 7.53. The second kappa shape index (κ2) is 6.64. The van der Waals surface area contributed by atoms with E-state index in [1.165, 1.54) is 0 Å². The minimum absolute atomic E-state index is 0.103. The lowest BCUT2D eigenvalue weighted by atomic mass is 10.1. The van der Waals surface area contributed by atoms with Gasteiger partial charge in [-0.25, -0.2) is 0 Å². The Morgan fingerprint density at radius 3 is 2.54 bits per heavy atom. The first kappa shape index (κ1) is 15.9. The largest absolute Gasteiger partial charge is 0.368 e. The van der Waals surface area contributed by atoms with Gasteiger partial charge in [0.05, 0.1) is 0 Å². The smallest absolute Gasteiger partial charge is 0.232 e. The number of benzene rings is 2. The number of anilines is 3. The monoisotopic (exact) mass is 339 g/mol. The molecule has 1 aromatic heterocycles. The molecule has 1 heterocycles. The summed E-state index contributed by atoms with van der Waals surface area (Å²) >= 11 is 6.06. The van der Waals surface area contributed by atoms with Crippen molar-refractivity contribution >= 4 is 35.5 Å². The first-order valence-electron chi connectivity index (χ1n) is 7.15. The van der Waals surface area contributed by atoms with Gasteiger partial charge in [-0.1, -0.05) is 17.7 Å². The van der Waals surface area contributed by atoms with Gasteiger partial charge in [-0.2, -0.15) is 15.0 Å². The fourth-order valence-corrected chi connectivity index (χ4v) is 2.35. The van der Waals surface area contributed by atoms with E-state index in [1.54, 1.807) is 36.4 Å². The lowest BCUT2D eigenvalue weighted by molar-refractivity contribution is 0.112. The van der Waals surface area contributed by atoms with Crippen LogP contribution in [-0.2, 0) is 0 Å². The van der Waals surface area contributed by atoms with Crippen LogP contribution in [0.5, 0.6) is 0 Å². The SMILES string of the molecule is Cc1ccc(Cl)cc1-c1nc(N)nc(Nc2ccc(C=O)cc2)n1. The maximum absolute atomic E-state index is 10.7. The first-order chi connectivity index (χ1) is 11.5. The molecule has 7 heteroatoms. The average molecular weight is 340 g/mol. The van der Waals surface area contributed by atoms with Gasteiger partial charge in [-0.05, 0) is 48.9 Å². The van der Waals surface area contributed by atoms with Crippen molar-refractivity contribution in [3.05, 3.63) is 58.6 Å². The molecule has 0 spiro atoms. The second-order valence-electron chi connectivity index (χ2n) is 5.16. The quantitative estimate of drug-likeness (QED) is 0.705. The summed E-state index contributed by atoms with van der Waals surface area (Å²) in [6, 6.07) is 12.4. The minimum Gasteiger partial charge on any atom is -0.368 e. The Morgan fingerprint density at radius 2 is 1.83 bits per heavy atom. The number of rotatable bonds is 4. The highest BCUT2D eigenvalue weighted by molar-refractivity contribution is 6.30. The van der Waals surface area contributed by atoms with Gasteiger partial charge in [0, 0.05) is 21.8 Å². The van der Waals surface area contributed by atoms with Gasteiger partial charge in [0.25, 0.3) is 0 Å². The van der Waals surface area contributed by atoms with E-state index < -0.39 is 0 Å². The van der Waals surface area contributed by atoms with Gasteiger partial charge in [0.15, 0.2) is 5.82 Å². The molecule has 0 saturated carbocycles. The standard InChI is InChI=1S/C17H14ClN5O/c1-10-2-5-12(18)8-14(10)15-21-16(19)23-17(22-15)20-13-6-3-11(9-24)4-7-13/h2-9H,1H3,(H3,19,20,21,22,23). The zero-order chi connectivity index (χ0) is 17.1. The lowest BCUT2D eigenvalue weighted by Gasteiger charge is -2.09. The van der Waals surface area contributed by atoms with Crippen molar-refractivity contribution in [1.29, 1.82) is 0 Å². The number of aromatic nitrogens is 3. The molecular formula is C17H14ClN5O. The van der Waals surface area contributed by atoms with E-state index in [0.717, 1.165) is 23.1 Å². The topological polar surface area (TPSA) is 93.8 Å². The van der Waals surface area contributed by atoms with Crippen LogP contribution in [0.15, 0.2) is 42.5 Å². The minimum atomic E-state index is 0.103. The Balaban J connectivity index is 1.96. The Morgan fingerprint density at radius 1 is 1.08 bits per heavy atom. The number of carbonyl (C=O) groups excluding carboxylic acids is 1. The van der Waals surface area contributed by atoms with Crippen molar-refractivity contribution in [2.75, 3.05) is 11.1 Å². The maximum Gasteiger partial charge on any atom is 0.232 e. The molecule has 0 saturated heterocycles. The van der Waals surface area contributed by atoms with E-state index in [1.807, 2.05) is 13.0 Å². The molecule has 0 radical (unpaired) electrons. The van der Waals surface area contributed by atoms with Crippen LogP contribution in [0, 0.1) is 6.92 Å². The highest BCUT2D eigenvalue weighted by Crippen LogP contribution is 2.25. The maximum atomic E-state index is 10.7. The fraction of sp³-hybridized carbons (Fsp3) is 0.0588.